The fourth-order valence-electron chi connectivity index (χ4n) is 3.06. The zero-order valence-electron chi connectivity index (χ0n) is 13.4. The number of amides is 1. The number of nitrogens with zero attached hydrogens (tertiary/aromatic N) is 1. The Hall–Kier alpha value is -2.69. The van der Waals surface area contributed by atoms with Gasteiger partial charge >= 0.3 is 6.09 Å². The first-order chi connectivity index (χ1) is 11.8. The lowest BCUT2D eigenvalue weighted by molar-refractivity contribution is 0.0916. The van der Waals surface area contributed by atoms with Crippen molar-refractivity contribution >= 4 is 6.09 Å². The van der Waals surface area contributed by atoms with Gasteiger partial charge in [0.05, 0.1) is 0 Å². The summed E-state index contributed by atoms with van der Waals surface area (Å²) < 4.78 is 16.7. The van der Waals surface area contributed by atoms with E-state index in [2.05, 4.69) is 0 Å². The van der Waals surface area contributed by atoms with E-state index in [1.165, 1.54) is 5.56 Å². The molecule has 5 nitrogen and oxygen atoms in total. The highest BCUT2D eigenvalue weighted by Gasteiger charge is 2.24. The van der Waals surface area contributed by atoms with Crippen LogP contribution >= 0.6 is 0 Å². The van der Waals surface area contributed by atoms with Gasteiger partial charge in [0.15, 0.2) is 11.5 Å². The van der Waals surface area contributed by atoms with E-state index in [1.54, 1.807) is 4.90 Å². The SMILES string of the molecule is O=C(OCc1ccccc1)N1CCc2cc3c(cc2C1)OCCO3. The van der Waals surface area contributed by atoms with Gasteiger partial charge in [-0.2, -0.15) is 0 Å². The van der Waals surface area contributed by atoms with Crippen LogP contribution in [0, 0.1) is 0 Å². The molecule has 0 fully saturated rings. The smallest absolute Gasteiger partial charge is 0.410 e. The molecule has 0 aliphatic carbocycles. The summed E-state index contributed by atoms with van der Waals surface area (Å²) in [5.74, 6) is 1.57. The van der Waals surface area contributed by atoms with E-state index in [1.807, 2.05) is 42.5 Å². The number of hydrogen-bond donors (Lipinski definition) is 0. The summed E-state index contributed by atoms with van der Waals surface area (Å²) in [6.07, 6.45) is 0.520. The molecule has 4 rings (SSSR count). The van der Waals surface area contributed by atoms with Gasteiger partial charge in [-0.05, 0) is 35.2 Å². The first-order valence-electron chi connectivity index (χ1n) is 8.16. The lowest BCUT2D eigenvalue weighted by Gasteiger charge is -2.30. The molecule has 2 aliphatic rings. The zero-order valence-corrected chi connectivity index (χ0v) is 13.4. The molecule has 0 saturated carbocycles. The lowest BCUT2D eigenvalue weighted by Crippen LogP contribution is -2.36. The summed E-state index contributed by atoms with van der Waals surface area (Å²) >= 11 is 0. The quantitative estimate of drug-likeness (QED) is 0.851. The molecule has 0 radical (unpaired) electrons. The Balaban J connectivity index is 1.43. The first kappa shape index (κ1) is 14.9. The van der Waals surface area contributed by atoms with Gasteiger partial charge in [-0.25, -0.2) is 4.79 Å². The molecule has 124 valence electrons. The summed E-state index contributed by atoms with van der Waals surface area (Å²) in [5.41, 5.74) is 3.30. The maximum atomic E-state index is 12.3. The van der Waals surface area contributed by atoms with Gasteiger partial charge in [0.25, 0.3) is 0 Å². The molecule has 0 spiro atoms. The highest BCUT2D eigenvalue weighted by atomic mass is 16.6. The molecule has 0 bridgehead atoms. The average Bonchev–Trinajstić information content (AvgIpc) is 2.64. The van der Waals surface area contributed by atoms with Crippen LogP contribution in [0.15, 0.2) is 42.5 Å². The Morgan fingerprint density at radius 3 is 2.50 bits per heavy atom. The fraction of sp³-hybridized carbons (Fsp3) is 0.316. The van der Waals surface area contributed by atoms with E-state index in [-0.39, 0.29) is 6.09 Å². The summed E-state index contributed by atoms with van der Waals surface area (Å²) in [6.45, 7) is 2.64. The molecule has 0 atom stereocenters. The van der Waals surface area contributed by atoms with Gasteiger partial charge in [0, 0.05) is 13.1 Å². The second-order valence-electron chi connectivity index (χ2n) is 5.98. The van der Waals surface area contributed by atoms with Crippen molar-refractivity contribution in [2.45, 2.75) is 19.6 Å². The molecule has 2 heterocycles. The minimum atomic E-state index is -0.278. The Labute approximate surface area is 140 Å². The molecule has 0 aromatic heterocycles. The summed E-state index contributed by atoms with van der Waals surface area (Å²) in [5, 5.41) is 0. The summed E-state index contributed by atoms with van der Waals surface area (Å²) in [7, 11) is 0. The van der Waals surface area contributed by atoms with Crippen LogP contribution in [0.5, 0.6) is 11.5 Å². The fourth-order valence-corrected chi connectivity index (χ4v) is 3.06. The molecule has 0 unspecified atom stereocenters. The maximum absolute atomic E-state index is 12.3. The number of fused-ring (bicyclic) bond motifs is 2. The standard InChI is InChI=1S/C19H19NO4/c21-19(24-13-14-4-2-1-3-5-14)20-7-6-15-10-17-18(11-16(15)12-20)23-9-8-22-17/h1-5,10-11H,6-9,12-13H2. The van der Waals surface area contributed by atoms with Gasteiger partial charge in [-0.3, -0.25) is 0 Å². The highest BCUT2D eigenvalue weighted by Crippen LogP contribution is 2.35. The van der Waals surface area contributed by atoms with E-state index in [0.29, 0.717) is 32.9 Å². The molecule has 2 aromatic rings. The van der Waals surface area contributed by atoms with Crippen molar-refractivity contribution in [3.05, 3.63) is 59.2 Å². The number of carbonyl (C=O) groups excluding carboxylic acids is 1. The molecule has 0 N–H and O–H groups in total. The molecule has 5 heteroatoms. The predicted molar refractivity (Wildman–Crippen MR) is 88.2 cm³/mol. The molecular formula is C19H19NO4. The van der Waals surface area contributed by atoms with E-state index in [0.717, 1.165) is 29.0 Å². The van der Waals surface area contributed by atoms with Gasteiger partial charge < -0.3 is 19.1 Å². The Morgan fingerprint density at radius 2 is 1.75 bits per heavy atom. The van der Waals surface area contributed by atoms with Crippen molar-refractivity contribution in [2.24, 2.45) is 0 Å². The molecule has 2 aliphatic heterocycles. The number of benzene rings is 2. The highest BCUT2D eigenvalue weighted by molar-refractivity contribution is 5.68. The predicted octanol–water partition coefficient (Wildman–Crippen LogP) is 3.15. The van der Waals surface area contributed by atoms with Crippen LogP contribution in [0.25, 0.3) is 0 Å². The van der Waals surface area contributed by atoms with Crippen molar-refractivity contribution < 1.29 is 19.0 Å². The molecule has 2 aromatic carbocycles. The lowest BCUT2D eigenvalue weighted by atomic mass is 9.99. The first-order valence-corrected chi connectivity index (χ1v) is 8.16. The molecule has 0 saturated heterocycles. The summed E-state index contributed by atoms with van der Waals surface area (Å²) in [4.78, 5) is 14.1. The number of ether oxygens (including phenoxy) is 3. The van der Waals surface area contributed by atoms with Crippen LogP contribution in [-0.2, 0) is 24.3 Å². The molecular weight excluding hydrogens is 306 g/mol. The Kier molecular flexibility index (Phi) is 3.99. The Morgan fingerprint density at radius 1 is 1.04 bits per heavy atom. The van der Waals surface area contributed by atoms with E-state index >= 15 is 0 Å². The third kappa shape index (κ3) is 3.02. The Bertz CT molecular complexity index is 745. The van der Waals surface area contributed by atoms with Crippen LogP contribution in [0.4, 0.5) is 4.79 Å². The minimum Gasteiger partial charge on any atom is -0.486 e. The number of rotatable bonds is 2. The van der Waals surface area contributed by atoms with Crippen LogP contribution in [0.2, 0.25) is 0 Å². The molecule has 24 heavy (non-hydrogen) atoms. The third-order valence-corrected chi connectivity index (χ3v) is 4.34. The normalized spacial score (nSPS) is 15.6. The topological polar surface area (TPSA) is 48.0 Å². The van der Waals surface area contributed by atoms with Crippen LogP contribution < -0.4 is 9.47 Å². The zero-order chi connectivity index (χ0) is 16.4. The van der Waals surface area contributed by atoms with E-state index in [9.17, 15) is 4.79 Å². The summed E-state index contributed by atoms with van der Waals surface area (Å²) in [6, 6.07) is 13.7. The van der Waals surface area contributed by atoms with Crippen molar-refractivity contribution in [1.29, 1.82) is 0 Å². The number of carbonyl (C=O) groups is 1. The van der Waals surface area contributed by atoms with Crippen molar-refractivity contribution in [2.75, 3.05) is 19.8 Å². The largest absolute Gasteiger partial charge is 0.486 e. The minimum absolute atomic E-state index is 0.278. The van der Waals surface area contributed by atoms with Gasteiger partial charge in [0.2, 0.25) is 0 Å². The number of hydrogen-bond acceptors (Lipinski definition) is 4. The van der Waals surface area contributed by atoms with Crippen molar-refractivity contribution in [3.8, 4) is 11.5 Å². The molecule has 1 amide bonds. The third-order valence-electron chi connectivity index (χ3n) is 4.34. The second-order valence-corrected chi connectivity index (χ2v) is 5.98. The monoisotopic (exact) mass is 325 g/mol. The van der Waals surface area contributed by atoms with E-state index in [4.69, 9.17) is 14.2 Å². The van der Waals surface area contributed by atoms with Crippen LogP contribution in [0.3, 0.4) is 0 Å². The van der Waals surface area contributed by atoms with Gasteiger partial charge in [-0.1, -0.05) is 30.3 Å². The average molecular weight is 325 g/mol. The van der Waals surface area contributed by atoms with Gasteiger partial charge in [0.1, 0.15) is 19.8 Å². The maximum Gasteiger partial charge on any atom is 0.410 e. The van der Waals surface area contributed by atoms with E-state index < -0.39 is 0 Å². The van der Waals surface area contributed by atoms with Crippen molar-refractivity contribution in [3.63, 3.8) is 0 Å². The van der Waals surface area contributed by atoms with Crippen LogP contribution in [0.1, 0.15) is 16.7 Å². The van der Waals surface area contributed by atoms with Crippen molar-refractivity contribution in [1.82, 2.24) is 4.90 Å². The van der Waals surface area contributed by atoms with Crippen LogP contribution in [-0.4, -0.2) is 30.8 Å². The van der Waals surface area contributed by atoms with Gasteiger partial charge in [-0.15, -0.1) is 0 Å². The second kappa shape index (κ2) is 6.43.